The number of benzene rings is 1. The lowest BCUT2D eigenvalue weighted by Crippen LogP contribution is -2.64. The van der Waals surface area contributed by atoms with Crippen molar-refractivity contribution in [2.45, 2.75) is 75.7 Å². The molecular formula is C26H37FN2O5. The van der Waals surface area contributed by atoms with E-state index in [0.717, 1.165) is 56.7 Å². The van der Waals surface area contributed by atoms with E-state index in [9.17, 15) is 9.18 Å². The number of amides is 1. The molecule has 0 bridgehead atoms. The van der Waals surface area contributed by atoms with Crippen LogP contribution in [0, 0.1) is 5.82 Å². The molecule has 1 amide bonds. The number of hydrogen-bond acceptors (Lipinski definition) is 6. The van der Waals surface area contributed by atoms with Crippen molar-refractivity contribution in [1.82, 2.24) is 9.80 Å². The van der Waals surface area contributed by atoms with Crippen LogP contribution in [0.4, 0.5) is 9.18 Å². The van der Waals surface area contributed by atoms with Crippen molar-refractivity contribution in [3.8, 4) is 5.75 Å². The van der Waals surface area contributed by atoms with Crippen molar-refractivity contribution in [2.75, 3.05) is 46.0 Å². The number of piperidine rings is 1. The minimum atomic E-state index is -0.485. The van der Waals surface area contributed by atoms with Gasteiger partial charge in [0.05, 0.1) is 32.9 Å². The lowest BCUT2D eigenvalue weighted by Gasteiger charge is -2.47. The molecule has 1 spiro atoms. The van der Waals surface area contributed by atoms with Crippen molar-refractivity contribution in [3.63, 3.8) is 0 Å². The van der Waals surface area contributed by atoms with E-state index in [1.165, 1.54) is 6.07 Å². The number of carbonyl (C=O) groups is 1. The maximum absolute atomic E-state index is 14.1. The van der Waals surface area contributed by atoms with Gasteiger partial charge in [0.15, 0.2) is 0 Å². The smallest absolute Gasteiger partial charge is 0.410 e. The zero-order chi connectivity index (χ0) is 23.9. The number of likely N-dealkylation sites (tertiary alicyclic amines) is 2. The minimum absolute atomic E-state index is 0.0545. The van der Waals surface area contributed by atoms with Crippen LogP contribution in [-0.2, 0) is 14.2 Å². The summed E-state index contributed by atoms with van der Waals surface area (Å²) in [6.07, 6.45) is 3.54. The van der Waals surface area contributed by atoms with Gasteiger partial charge in [0.2, 0.25) is 0 Å². The van der Waals surface area contributed by atoms with E-state index in [2.05, 4.69) is 4.90 Å². The summed E-state index contributed by atoms with van der Waals surface area (Å²) in [5.74, 6) is 0.875. The van der Waals surface area contributed by atoms with Gasteiger partial charge in [-0.25, -0.2) is 9.18 Å². The molecule has 4 aliphatic rings. The Morgan fingerprint density at radius 3 is 2.59 bits per heavy atom. The SMILES string of the molecule is CC(C)(C)OC(=O)N1CC2(C[C@H](N3CCC(c4cc(F)ccc4O[C@@H]4CCOC4)CC3)CO2)C1. The van der Waals surface area contributed by atoms with Gasteiger partial charge in [-0.1, -0.05) is 0 Å². The summed E-state index contributed by atoms with van der Waals surface area (Å²) in [6, 6.07) is 5.27. The van der Waals surface area contributed by atoms with E-state index >= 15 is 0 Å². The van der Waals surface area contributed by atoms with Crippen LogP contribution in [0.1, 0.15) is 57.9 Å². The van der Waals surface area contributed by atoms with Crippen LogP contribution in [0.25, 0.3) is 0 Å². The van der Waals surface area contributed by atoms with Crippen LogP contribution in [-0.4, -0.2) is 85.2 Å². The number of rotatable bonds is 4. The Bertz CT molecular complexity index is 884. The Balaban J connectivity index is 1.14. The van der Waals surface area contributed by atoms with Crippen LogP contribution in [0.5, 0.6) is 5.75 Å². The molecule has 0 aromatic heterocycles. The fourth-order valence-corrected chi connectivity index (χ4v) is 5.69. The van der Waals surface area contributed by atoms with Crippen LogP contribution in [0.2, 0.25) is 0 Å². The van der Waals surface area contributed by atoms with Crippen molar-refractivity contribution in [3.05, 3.63) is 29.6 Å². The number of hydrogen-bond donors (Lipinski definition) is 0. The quantitative estimate of drug-likeness (QED) is 0.656. The number of carbonyl (C=O) groups excluding carboxylic acids is 1. The normalized spacial score (nSPS) is 27.7. The van der Waals surface area contributed by atoms with Gasteiger partial charge >= 0.3 is 6.09 Å². The summed E-state index contributed by atoms with van der Waals surface area (Å²) in [5, 5.41) is 0. The Morgan fingerprint density at radius 1 is 1.15 bits per heavy atom. The van der Waals surface area contributed by atoms with Gasteiger partial charge in [0.25, 0.3) is 0 Å². The maximum Gasteiger partial charge on any atom is 0.410 e. The molecule has 188 valence electrons. The molecule has 4 fully saturated rings. The molecule has 0 N–H and O–H groups in total. The van der Waals surface area contributed by atoms with Gasteiger partial charge < -0.3 is 23.8 Å². The highest BCUT2D eigenvalue weighted by molar-refractivity contribution is 5.69. The lowest BCUT2D eigenvalue weighted by molar-refractivity contribution is -0.109. The Morgan fingerprint density at radius 2 is 1.91 bits per heavy atom. The van der Waals surface area contributed by atoms with E-state index in [1.54, 1.807) is 17.0 Å². The summed E-state index contributed by atoms with van der Waals surface area (Å²) in [6.45, 7) is 10.8. The molecule has 0 saturated carbocycles. The second-order valence-corrected chi connectivity index (χ2v) is 11.3. The molecule has 4 heterocycles. The van der Waals surface area contributed by atoms with Gasteiger partial charge in [-0.05, 0) is 77.2 Å². The van der Waals surface area contributed by atoms with Crippen molar-refractivity contribution in [1.29, 1.82) is 0 Å². The van der Waals surface area contributed by atoms with Gasteiger partial charge in [0, 0.05) is 18.0 Å². The number of halogens is 1. The second-order valence-electron chi connectivity index (χ2n) is 11.3. The molecule has 0 aliphatic carbocycles. The Labute approximate surface area is 201 Å². The molecule has 1 aromatic carbocycles. The molecule has 0 unspecified atom stereocenters. The average Bonchev–Trinajstić information content (AvgIpc) is 3.43. The first-order valence-electron chi connectivity index (χ1n) is 12.6. The fourth-order valence-electron chi connectivity index (χ4n) is 5.69. The number of ether oxygens (including phenoxy) is 4. The van der Waals surface area contributed by atoms with E-state index in [4.69, 9.17) is 18.9 Å². The van der Waals surface area contributed by atoms with Crippen molar-refractivity contribution < 1.29 is 28.1 Å². The highest BCUT2D eigenvalue weighted by atomic mass is 19.1. The van der Waals surface area contributed by atoms with E-state index in [0.29, 0.717) is 32.3 Å². The zero-order valence-corrected chi connectivity index (χ0v) is 20.6. The monoisotopic (exact) mass is 476 g/mol. The highest BCUT2D eigenvalue weighted by Crippen LogP contribution is 2.41. The molecule has 8 heteroatoms. The second kappa shape index (κ2) is 9.28. The molecular weight excluding hydrogens is 439 g/mol. The third kappa shape index (κ3) is 5.19. The molecule has 1 aromatic rings. The summed E-state index contributed by atoms with van der Waals surface area (Å²) >= 11 is 0. The average molecular weight is 477 g/mol. The van der Waals surface area contributed by atoms with Crippen LogP contribution < -0.4 is 4.74 Å². The first-order valence-corrected chi connectivity index (χ1v) is 12.6. The third-order valence-electron chi connectivity index (χ3n) is 7.44. The van der Waals surface area contributed by atoms with E-state index < -0.39 is 5.60 Å². The molecule has 5 rings (SSSR count). The van der Waals surface area contributed by atoms with Gasteiger partial charge in [0.1, 0.15) is 28.9 Å². The van der Waals surface area contributed by atoms with Crippen molar-refractivity contribution >= 4 is 6.09 Å². The van der Waals surface area contributed by atoms with Crippen LogP contribution in [0.15, 0.2) is 18.2 Å². The standard InChI is InChI=1S/C26H37FN2O5/c1-25(2,3)34-24(30)29-16-26(17-29)13-20(14-32-26)28-9-6-18(7-10-28)22-12-19(27)4-5-23(22)33-21-8-11-31-15-21/h4-5,12,18,20-21H,6-11,13-17H2,1-3H3/t20-,21+/m0/s1. The molecule has 2 atom stereocenters. The molecule has 34 heavy (non-hydrogen) atoms. The van der Waals surface area contributed by atoms with E-state index in [1.807, 2.05) is 20.8 Å². The first-order chi connectivity index (χ1) is 16.2. The third-order valence-corrected chi connectivity index (χ3v) is 7.44. The molecule has 7 nitrogen and oxygen atoms in total. The van der Waals surface area contributed by atoms with Crippen LogP contribution >= 0.6 is 0 Å². The topological polar surface area (TPSA) is 60.5 Å². The van der Waals surface area contributed by atoms with E-state index in [-0.39, 0.29) is 29.5 Å². The molecule has 4 saturated heterocycles. The lowest BCUT2D eigenvalue weighted by atomic mass is 9.86. The Kier molecular flexibility index (Phi) is 6.50. The first kappa shape index (κ1) is 23.8. The minimum Gasteiger partial charge on any atom is -0.488 e. The van der Waals surface area contributed by atoms with Crippen LogP contribution in [0.3, 0.4) is 0 Å². The summed E-state index contributed by atoms with van der Waals surface area (Å²) in [7, 11) is 0. The predicted molar refractivity (Wildman–Crippen MR) is 125 cm³/mol. The Hall–Kier alpha value is -1.90. The zero-order valence-electron chi connectivity index (χ0n) is 20.6. The maximum atomic E-state index is 14.1. The van der Waals surface area contributed by atoms with Gasteiger partial charge in [-0.2, -0.15) is 0 Å². The van der Waals surface area contributed by atoms with Gasteiger partial charge in [-0.15, -0.1) is 0 Å². The summed E-state index contributed by atoms with van der Waals surface area (Å²) in [5.41, 5.74) is 0.268. The number of nitrogens with zero attached hydrogens (tertiary/aromatic N) is 2. The molecule has 0 radical (unpaired) electrons. The van der Waals surface area contributed by atoms with Crippen molar-refractivity contribution in [2.24, 2.45) is 0 Å². The summed E-state index contributed by atoms with van der Waals surface area (Å²) < 4.78 is 37.4. The fraction of sp³-hybridized carbons (Fsp3) is 0.731. The van der Waals surface area contributed by atoms with Gasteiger partial charge in [-0.3, -0.25) is 4.90 Å². The highest BCUT2D eigenvalue weighted by Gasteiger charge is 2.53. The predicted octanol–water partition coefficient (Wildman–Crippen LogP) is 3.95. The molecule has 4 aliphatic heterocycles. The summed E-state index contributed by atoms with van der Waals surface area (Å²) in [4.78, 5) is 16.5. The largest absolute Gasteiger partial charge is 0.488 e.